The monoisotopic (exact) mass is 413 g/mol. The van der Waals surface area contributed by atoms with Crippen LogP contribution in [0.4, 0.5) is 5.69 Å². The fourth-order valence-electron chi connectivity index (χ4n) is 2.27. The second-order valence-corrected chi connectivity index (χ2v) is 6.93. The molecule has 1 heterocycles. The molecule has 0 spiro atoms. The highest BCUT2D eigenvalue weighted by atomic mass is 35.5. The Hall–Kier alpha value is -1.72. The summed E-state index contributed by atoms with van der Waals surface area (Å²) >= 11 is 24.0. The maximum absolute atomic E-state index is 12.6. The summed E-state index contributed by atoms with van der Waals surface area (Å²) in [4.78, 5) is 16.9. The maximum atomic E-state index is 12.6. The average molecular weight is 415 g/mol. The molecule has 0 unspecified atom stereocenters. The number of halogens is 4. The van der Waals surface area contributed by atoms with Crippen molar-refractivity contribution in [2.45, 2.75) is 6.92 Å². The van der Waals surface area contributed by atoms with Gasteiger partial charge in [-0.15, -0.1) is 0 Å². The highest BCUT2D eigenvalue weighted by molar-refractivity contribution is 6.41. The third-order valence-electron chi connectivity index (χ3n) is 3.51. The molecule has 0 aliphatic carbocycles. The summed E-state index contributed by atoms with van der Waals surface area (Å²) in [5.74, 6) is 0. The van der Waals surface area contributed by atoms with Crippen molar-refractivity contribution in [3.05, 3.63) is 78.1 Å². The molecule has 0 saturated carbocycles. The Morgan fingerprint density at radius 1 is 1.00 bits per heavy atom. The molecule has 2 aromatic carbocycles. The number of hydrogen-bond acceptors (Lipinski definition) is 2. The van der Waals surface area contributed by atoms with Crippen molar-refractivity contribution < 1.29 is 0 Å². The van der Waals surface area contributed by atoms with Crippen molar-refractivity contribution >= 4 is 58.3 Å². The van der Waals surface area contributed by atoms with E-state index in [2.05, 4.69) is 10.1 Å². The number of nitrogens with one attached hydrogen (secondary N) is 1. The molecule has 128 valence electrons. The van der Waals surface area contributed by atoms with Crippen molar-refractivity contribution in [2.24, 2.45) is 4.99 Å². The van der Waals surface area contributed by atoms with Crippen LogP contribution in [-0.4, -0.2) is 16.0 Å². The fraction of sp³-hybridized carbons (Fsp3) is 0.0588. The van der Waals surface area contributed by atoms with Crippen LogP contribution in [-0.2, 0) is 0 Å². The summed E-state index contributed by atoms with van der Waals surface area (Å²) in [7, 11) is 0. The lowest BCUT2D eigenvalue weighted by molar-refractivity contribution is 0.835. The second kappa shape index (κ2) is 7.26. The fourth-order valence-corrected chi connectivity index (χ4v) is 3.31. The molecular weight excluding hydrogens is 404 g/mol. The van der Waals surface area contributed by atoms with Crippen LogP contribution in [0.25, 0.3) is 5.69 Å². The number of aromatic amines is 1. The Kier molecular flexibility index (Phi) is 5.25. The molecule has 25 heavy (non-hydrogen) atoms. The highest BCUT2D eigenvalue weighted by Gasteiger charge is 2.12. The number of aliphatic imine (C=N–C) groups is 1. The van der Waals surface area contributed by atoms with Crippen LogP contribution >= 0.6 is 46.4 Å². The standard InChI is InChI=1S/C17H11Cl4N3O/c1-9-13(8-22-16-14(20)6-11(19)7-15(16)21)17(25)24(23-9)12-4-2-10(18)3-5-12/h2-8,23H,1H3. The van der Waals surface area contributed by atoms with Gasteiger partial charge in [0.1, 0.15) is 5.69 Å². The molecule has 0 aliphatic rings. The van der Waals surface area contributed by atoms with Gasteiger partial charge < -0.3 is 0 Å². The zero-order chi connectivity index (χ0) is 18.1. The molecule has 8 heteroatoms. The first-order valence-electron chi connectivity index (χ1n) is 7.13. The van der Waals surface area contributed by atoms with E-state index in [1.165, 1.54) is 23.0 Å². The van der Waals surface area contributed by atoms with Crippen molar-refractivity contribution in [1.29, 1.82) is 0 Å². The smallest absolute Gasteiger partial charge is 0.280 e. The van der Waals surface area contributed by atoms with Gasteiger partial charge in [0.2, 0.25) is 0 Å². The van der Waals surface area contributed by atoms with Gasteiger partial charge in [-0.05, 0) is 43.3 Å². The Labute approximate surface area is 163 Å². The molecule has 4 nitrogen and oxygen atoms in total. The number of aryl methyl sites for hydroxylation is 1. The highest BCUT2D eigenvalue weighted by Crippen LogP contribution is 2.35. The molecule has 0 saturated heterocycles. The number of H-pyrrole nitrogens is 1. The lowest BCUT2D eigenvalue weighted by Crippen LogP contribution is -2.17. The van der Waals surface area contributed by atoms with Crippen LogP contribution in [0.1, 0.15) is 11.3 Å². The van der Waals surface area contributed by atoms with Gasteiger partial charge in [0.05, 0.1) is 21.3 Å². The van der Waals surface area contributed by atoms with Crippen molar-refractivity contribution in [3.8, 4) is 5.69 Å². The third-order valence-corrected chi connectivity index (χ3v) is 4.55. The van der Waals surface area contributed by atoms with Crippen molar-refractivity contribution in [3.63, 3.8) is 0 Å². The zero-order valence-electron chi connectivity index (χ0n) is 12.9. The number of nitrogens with zero attached hydrogens (tertiary/aromatic N) is 2. The number of hydrogen-bond donors (Lipinski definition) is 1. The lowest BCUT2D eigenvalue weighted by atomic mass is 10.2. The molecule has 1 aromatic heterocycles. The van der Waals surface area contributed by atoms with E-state index in [1.54, 1.807) is 31.2 Å². The zero-order valence-corrected chi connectivity index (χ0v) is 15.9. The summed E-state index contributed by atoms with van der Waals surface area (Å²) in [5.41, 5.74) is 1.83. The second-order valence-electron chi connectivity index (χ2n) is 5.24. The molecule has 0 radical (unpaired) electrons. The maximum Gasteiger partial charge on any atom is 0.280 e. The van der Waals surface area contributed by atoms with E-state index in [4.69, 9.17) is 46.4 Å². The molecule has 0 amide bonds. The predicted octanol–water partition coefficient (Wildman–Crippen LogP) is 5.84. The van der Waals surface area contributed by atoms with E-state index in [1.807, 2.05) is 0 Å². The van der Waals surface area contributed by atoms with E-state index in [-0.39, 0.29) is 5.56 Å². The summed E-state index contributed by atoms with van der Waals surface area (Å²) < 4.78 is 1.41. The van der Waals surface area contributed by atoms with Crippen molar-refractivity contribution in [2.75, 3.05) is 0 Å². The SMILES string of the molecule is Cc1[nH]n(-c2ccc(Cl)cc2)c(=O)c1C=Nc1c(Cl)cc(Cl)cc1Cl. The predicted molar refractivity (Wildman–Crippen MR) is 105 cm³/mol. The van der Waals surface area contributed by atoms with Gasteiger partial charge in [-0.1, -0.05) is 46.4 Å². The molecule has 1 N–H and O–H groups in total. The van der Waals surface area contributed by atoms with Gasteiger partial charge in [0, 0.05) is 22.0 Å². The topological polar surface area (TPSA) is 50.1 Å². The minimum Gasteiger partial charge on any atom is -0.295 e. The van der Waals surface area contributed by atoms with E-state index >= 15 is 0 Å². The quantitative estimate of drug-likeness (QED) is 0.537. The molecule has 0 atom stereocenters. The Morgan fingerprint density at radius 3 is 2.20 bits per heavy atom. The van der Waals surface area contributed by atoms with Crippen LogP contribution in [0, 0.1) is 6.92 Å². The largest absolute Gasteiger partial charge is 0.295 e. The van der Waals surface area contributed by atoms with Crippen LogP contribution < -0.4 is 5.56 Å². The Morgan fingerprint density at radius 2 is 1.60 bits per heavy atom. The van der Waals surface area contributed by atoms with Crippen LogP contribution in [0.2, 0.25) is 20.1 Å². The minimum atomic E-state index is -0.246. The average Bonchev–Trinajstić information content (AvgIpc) is 2.82. The minimum absolute atomic E-state index is 0.246. The molecule has 3 rings (SSSR count). The first-order chi connectivity index (χ1) is 11.9. The van der Waals surface area contributed by atoms with E-state index in [9.17, 15) is 4.79 Å². The van der Waals surface area contributed by atoms with Crippen LogP contribution in [0.15, 0.2) is 46.2 Å². The molecule has 0 bridgehead atoms. The normalized spacial score (nSPS) is 11.4. The number of benzene rings is 2. The summed E-state index contributed by atoms with van der Waals surface area (Å²) in [6, 6.07) is 9.98. The van der Waals surface area contributed by atoms with E-state index in [0.717, 1.165) is 0 Å². The summed E-state index contributed by atoms with van der Waals surface area (Å²) in [6.45, 7) is 1.78. The number of rotatable bonds is 3. The van der Waals surface area contributed by atoms with Gasteiger partial charge >= 0.3 is 0 Å². The van der Waals surface area contributed by atoms with Gasteiger partial charge in [-0.2, -0.15) is 0 Å². The third kappa shape index (κ3) is 3.77. The van der Waals surface area contributed by atoms with Gasteiger partial charge in [0.25, 0.3) is 5.56 Å². The summed E-state index contributed by atoms with van der Waals surface area (Å²) in [6.07, 6.45) is 1.43. The van der Waals surface area contributed by atoms with Gasteiger partial charge in [-0.3, -0.25) is 14.9 Å². The van der Waals surface area contributed by atoms with Gasteiger partial charge in [0.15, 0.2) is 0 Å². The first-order valence-corrected chi connectivity index (χ1v) is 8.64. The van der Waals surface area contributed by atoms with Crippen LogP contribution in [0.3, 0.4) is 0 Å². The van der Waals surface area contributed by atoms with E-state index in [0.29, 0.717) is 42.7 Å². The van der Waals surface area contributed by atoms with Crippen molar-refractivity contribution in [1.82, 2.24) is 9.78 Å². The molecular formula is C17H11Cl4N3O. The molecule has 0 aliphatic heterocycles. The number of aromatic nitrogens is 2. The lowest BCUT2D eigenvalue weighted by Gasteiger charge is -2.01. The Balaban J connectivity index is 2.02. The van der Waals surface area contributed by atoms with Crippen LogP contribution in [0.5, 0.6) is 0 Å². The first kappa shape index (κ1) is 18.1. The Bertz CT molecular complexity index is 996. The summed E-state index contributed by atoms with van der Waals surface area (Å²) in [5, 5.41) is 4.62. The molecule has 3 aromatic rings. The van der Waals surface area contributed by atoms with Gasteiger partial charge in [-0.25, -0.2) is 4.68 Å². The van der Waals surface area contributed by atoms with E-state index < -0.39 is 0 Å². The molecule has 0 fully saturated rings.